The number of amides is 2. The average Bonchev–Trinajstić information content (AvgIpc) is 3.28. The van der Waals surface area contributed by atoms with E-state index in [0.717, 1.165) is 44.9 Å². The molecule has 1 rings (SSSR count). The molecule has 0 saturated heterocycles. The van der Waals surface area contributed by atoms with Gasteiger partial charge in [0.2, 0.25) is 0 Å². The second-order valence-electron chi connectivity index (χ2n) is 23.2. The fraction of sp³-hybridized carbons (Fsp3) is 0.967. The molecule has 2 amide bonds. The number of rotatable bonds is 47. The van der Waals surface area contributed by atoms with Gasteiger partial charge in [-0.15, -0.1) is 0 Å². The van der Waals surface area contributed by atoms with Gasteiger partial charge in [-0.2, -0.15) is 0 Å². The summed E-state index contributed by atoms with van der Waals surface area (Å²) in [6.45, 7) is 17.6. The molecule has 0 spiro atoms. The van der Waals surface area contributed by atoms with Crippen molar-refractivity contribution in [3.63, 3.8) is 0 Å². The summed E-state index contributed by atoms with van der Waals surface area (Å²) >= 11 is 0. The van der Waals surface area contributed by atoms with E-state index in [1.165, 1.54) is 231 Å². The number of hydrogen-bond donors (Lipinski definition) is 2. The first-order valence-electron chi connectivity index (χ1n) is 29.9. The third kappa shape index (κ3) is 38.4. The van der Waals surface area contributed by atoms with E-state index in [4.69, 9.17) is 9.47 Å². The molecule has 4 atom stereocenters. The summed E-state index contributed by atoms with van der Waals surface area (Å²) in [5.74, 6) is 0.895. The van der Waals surface area contributed by atoms with Gasteiger partial charge in [0.15, 0.2) is 0 Å². The molecular formula is C60H118N2O4. The molecule has 0 aromatic heterocycles. The average molecular weight is 932 g/mol. The number of unbranched alkanes of at least 4 members (excludes halogenated alkanes) is 32. The van der Waals surface area contributed by atoms with Crippen molar-refractivity contribution in [2.75, 3.05) is 19.8 Å². The van der Waals surface area contributed by atoms with Crippen LogP contribution in [-0.2, 0) is 9.47 Å². The fourth-order valence-corrected chi connectivity index (χ4v) is 11.4. The Balaban J connectivity index is 2.63. The largest absolute Gasteiger partial charge is 0.449 e. The lowest BCUT2D eigenvalue weighted by atomic mass is 9.62. The van der Waals surface area contributed by atoms with E-state index in [1.54, 1.807) is 0 Å². The van der Waals surface area contributed by atoms with Crippen LogP contribution in [0.2, 0.25) is 0 Å². The van der Waals surface area contributed by atoms with Gasteiger partial charge < -0.3 is 20.1 Å². The van der Waals surface area contributed by atoms with E-state index in [1.807, 2.05) is 0 Å². The fourth-order valence-electron chi connectivity index (χ4n) is 11.4. The van der Waals surface area contributed by atoms with Crippen LogP contribution < -0.4 is 10.6 Å². The first-order chi connectivity index (χ1) is 32.1. The second kappa shape index (κ2) is 43.6. The Labute approximate surface area is 413 Å². The van der Waals surface area contributed by atoms with Crippen molar-refractivity contribution in [3.05, 3.63) is 0 Å². The summed E-state index contributed by atoms with van der Waals surface area (Å²) in [7, 11) is 0. The van der Waals surface area contributed by atoms with Crippen LogP contribution in [0.3, 0.4) is 0 Å². The number of alkyl carbamates (subject to hydrolysis) is 2. The molecule has 392 valence electrons. The molecular weight excluding hydrogens is 813 g/mol. The van der Waals surface area contributed by atoms with Crippen molar-refractivity contribution in [1.82, 2.24) is 10.6 Å². The van der Waals surface area contributed by atoms with Gasteiger partial charge in [-0.1, -0.05) is 280 Å². The number of carbonyl (C=O) groups excluding carboxylic acids is 2. The van der Waals surface area contributed by atoms with E-state index in [0.29, 0.717) is 31.6 Å². The topological polar surface area (TPSA) is 76.7 Å². The highest BCUT2D eigenvalue weighted by molar-refractivity contribution is 5.68. The molecule has 0 bridgehead atoms. The van der Waals surface area contributed by atoms with Gasteiger partial charge in [0.25, 0.3) is 0 Å². The van der Waals surface area contributed by atoms with E-state index >= 15 is 0 Å². The van der Waals surface area contributed by atoms with Crippen molar-refractivity contribution < 1.29 is 19.1 Å². The molecule has 6 heteroatoms. The van der Waals surface area contributed by atoms with Gasteiger partial charge >= 0.3 is 12.2 Å². The van der Waals surface area contributed by atoms with Crippen molar-refractivity contribution in [1.29, 1.82) is 0 Å². The van der Waals surface area contributed by atoms with Gasteiger partial charge in [0.1, 0.15) is 0 Å². The predicted octanol–water partition coefficient (Wildman–Crippen LogP) is 19.9. The maximum atomic E-state index is 13.4. The normalized spacial score (nSPS) is 18.0. The Morgan fingerprint density at radius 3 is 1.03 bits per heavy atom. The zero-order valence-electron chi connectivity index (χ0n) is 45.9. The number of nitrogens with one attached hydrogen (secondary N) is 2. The lowest BCUT2D eigenvalue weighted by molar-refractivity contribution is 0.0582. The van der Waals surface area contributed by atoms with Gasteiger partial charge in [-0.25, -0.2) is 9.59 Å². The maximum Gasteiger partial charge on any atom is 0.407 e. The summed E-state index contributed by atoms with van der Waals surface area (Å²) < 4.78 is 12.0. The summed E-state index contributed by atoms with van der Waals surface area (Å²) in [6.07, 6.45) is 55.1. The molecule has 0 heterocycles. The Kier molecular flexibility index (Phi) is 41.3. The standard InChI is InChI=1S/C60H118N2O4/c1-8-12-16-20-24-28-30-34-38-41-45-54(44-40-36-32-26-22-18-14-10-3)50-65-57(63)61-53-60(7)49-56(48-59(5,6)52-60)62-58(64)66-51-55(46-42-37-33-27-23-19-15-11-4)47-43-39-35-31-29-25-21-17-13-9-2/h54-56H,8-53H2,1-7H3,(H,61,63)(H,62,64). The Bertz CT molecular complexity index is 1080. The number of ether oxygens (including phenoxy) is 2. The Morgan fingerprint density at radius 1 is 0.424 bits per heavy atom. The third-order valence-corrected chi connectivity index (χ3v) is 15.2. The van der Waals surface area contributed by atoms with Gasteiger partial charge in [0, 0.05) is 12.6 Å². The van der Waals surface area contributed by atoms with Crippen LogP contribution in [-0.4, -0.2) is 38.0 Å². The van der Waals surface area contributed by atoms with Crippen LogP contribution in [0.15, 0.2) is 0 Å². The molecule has 0 aromatic rings. The Morgan fingerprint density at radius 2 is 0.712 bits per heavy atom. The minimum atomic E-state index is -0.280. The minimum Gasteiger partial charge on any atom is -0.449 e. The zero-order valence-corrected chi connectivity index (χ0v) is 45.9. The van der Waals surface area contributed by atoms with Crippen LogP contribution >= 0.6 is 0 Å². The maximum absolute atomic E-state index is 13.4. The molecule has 1 fully saturated rings. The molecule has 1 aliphatic rings. The van der Waals surface area contributed by atoms with Crippen molar-refractivity contribution >= 4 is 12.2 Å². The van der Waals surface area contributed by atoms with Crippen LogP contribution in [0.5, 0.6) is 0 Å². The molecule has 0 aliphatic heterocycles. The lowest BCUT2D eigenvalue weighted by Gasteiger charge is -2.46. The number of hydrogen-bond acceptors (Lipinski definition) is 4. The first kappa shape index (κ1) is 62.6. The first-order valence-corrected chi connectivity index (χ1v) is 29.9. The van der Waals surface area contributed by atoms with Gasteiger partial charge in [-0.05, 0) is 67.6 Å². The molecule has 2 N–H and O–H groups in total. The molecule has 0 aromatic carbocycles. The molecule has 4 unspecified atom stereocenters. The molecule has 6 nitrogen and oxygen atoms in total. The monoisotopic (exact) mass is 931 g/mol. The van der Waals surface area contributed by atoms with Crippen molar-refractivity contribution in [2.45, 2.75) is 331 Å². The van der Waals surface area contributed by atoms with E-state index < -0.39 is 0 Å². The highest BCUT2D eigenvalue weighted by atomic mass is 16.6. The predicted molar refractivity (Wildman–Crippen MR) is 288 cm³/mol. The van der Waals surface area contributed by atoms with E-state index in [2.05, 4.69) is 59.1 Å². The molecule has 0 radical (unpaired) electrons. The Hall–Kier alpha value is -1.46. The summed E-state index contributed by atoms with van der Waals surface area (Å²) in [5.41, 5.74) is -0.0961. The number of carbonyl (C=O) groups is 2. The van der Waals surface area contributed by atoms with E-state index in [-0.39, 0.29) is 29.1 Å². The molecule has 1 aliphatic carbocycles. The van der Waals surface area contributed by atoms with Crippen LogP contribution in [0, 0.1) is 22.7 Å². The van der Waals surface area contributed by atoms with Crippen LogP contribution in [0.25, 0.3) is 0 Å². The second-order valence-corrected chi connectivity index (χ2v) is 23.2. The lowest BCUT2D eigenvalue weighted by Crippen LogP contribution is -2.50. The molecule has 1 saturated carbocycles. The summed E-state index contributed by atoms with van der Waals surface area (Å²) in [5, 5.41) is 6.49. The highest BCUT2D eigenvalue weighted by Crippen LogP contribution is 2.46. The van der Waals surface area contributed by atoms with Crippen LogP contribution in [0.1, 0.15) is 325 Å². The van der Waals surface area contributed by atoms with Crippen LogP contribution in [0.4, 0.5) is 9.59 Å². The van der Waals surface area contributed by atoms with Crippen molar-refractivity contribution in [2.24, 2.45) is 22.7 Å². The highest BCUT2D eigenvalue weighted by Gasteiger charge is 2.42. The quantitative estimate of drug-likeness (QED) is 0.0596. The SMILES string of the molecule is CCCCCCCCCCCCC(CCCCCCCCCC)COC(=O)NCC1(C)CC(NC(=O)OCC(CCCCCCCCCC)CCCCCCCCCCCC)CC(C)(C)C1. The smallest absolute Gasteiger partial charge is 0.407 e. The minimum absolute atomic E-state index is 0.0225. The van der Waals surface area contributed by atoms with Gasteiger partial charge in [-0.3, -0.25) is 0 Å². The summed E-state index contributed by atoms with van der Waals surface area (Å²) in [6, 6.07) is 0.0225. The summed E-state index contributed by atoms with van der Waals surface area (Å²) in [4.78, 5) is 26.7. The zero-order chi connectivity index (χ0) is 48.2. The van der Waals surface area contributed by atoms with E-state index in [9.17, 15) is 9.59 Å². The van der Waals surface area contributed by atoms with Gasteiger partial charge in [0.05, 0.1) is 13.2 Å². The third-order valence-electron chi connectivity index (χ3n) is 15.2. The molecule has 66 heavy (non-hydrogen) atoms. The van der Waals surface area contributed by atoms with Crippen molar-refractivity contribution in [3.8, 4) is 0 Å².